The standard InChI is InChI=1S/C28H28ClF3N2O3/c1-33-25-11-10-22(29)17-24(25)26(35)34(15-12-19-4-3-5-23(16-19)37-28(30,31)32)18-20-6-8-21(9-7-20)27(36-2)13-14-27/h3-11,16-17,33H,12-15,18H2,1-2H3. The molecule has 1 fully saturated rings. The van der Waals surface area contributed by atoms with Crippen molar-refractivity contribution in [1.82, 2.24) is 4.90 Å². The summed E-state index contributed by atoms with van der Waals surface area (Å²) in [5, 5.41) is 3.45. The van der Waals surface area contributed by atoms with Crippen LogP contribution in [0.1, 0.15) is 39.9 Å². The number of nitrogens with zero attached hydrogens (tertiary/aromatic N) is 1. The van der Waals surface area contributed by atoms with Gasteiger partial charge in [-0.05, 0) is 66.3 Å². The third-order valence-corrected chi connectivity index (χ3v) is 6.75. The molecular weight excluding hydrogens is 505 g/mol. The van der Waals surface area contributed by atoms with Gasteiger partial charge in [0.2, 0.25) is 0 Å². The van der Waals surface area contributed by atoms with Crippen LogP contribution < -0.4 is 10.1 Å². The minimum atomic E-state index is -4.77. The number of halogens is 4. The van der Waals surface area contributed by atoms with Gasteiger partial charge in [-0.15, -0.1) is 13.2 Å². The van der Waals surface area contributed by atoms with E-state index in [1.165, 1.54) is 18.2 Å². The van der Waals surface area contributed by atoms with E-state index in [2.05, 4.69) is 10.1 Å². The lowest BCUT2D eigenvalue weighted by Crippen LogP contribution is -2.33. The van der Waals surface area contributed by atoms with Gasteiger partial charge in [0.15, 0.2) is 0 Å². The third kappa shape index (κ3) is 6.76. The Morgan fingerprint density at radius 2 is 1.78 bits per heavy atom. The first kappa shape index (κ1) is 26.8. The summed E-state index contributed by atoms with van der Waals surface area (Å²) in [5.41, 5.74) is 3.48. The van der Waals surface area contributed by atoms with Crippen LogP contribution in [0.4, 0.5) is 18.9 Å². The number of rotatable bonds is 10. The SMILES string of the molecule is CNc1ccc(Cl)cc1C(=O)N(CCc1cccc(OC(F)(F)F)c1)Cc1ccc(C2(OC)CC2)cc1. The fraction of sp³-hybridized carbons (Fsp3) is 0.321. The molecular formula is C28H28ClF3N2O3. The zero-order valence-electron chi connectivity index (χ0n) is 20.6. The van der Waals surface area contributed by atoms with Crippen LogP contribution in [0.15, 0.2) is 66.7 Å². The molecule has 1 N–H and O–H groups in total. The Labute approximate surface area is 219 Å². The molecule has 3 aromatic rings. The van der Waals surface area contributed by atoms with Gasteiger partial charge in [-0.2, -0.15) is 0 Å². The minimum Gasteiger partial charge on any atom is -0.406 e. The minimum absolute atomic E-state index is 0.208. The van der Waals surface area contributed by atoms with Crippen molar-refractivity contribution in [2.24, 2.45) is 0 Å². The fourth-order valence-electron chi connectivity index (χ4n) is 4.35. The Hall–Kier alpha value is -3.23. The van der Waals surface area contributed by atoms with Crippen LogP contribution in [0, 0.1) is 0 Å². The van der Waals surface area contributed by atoms with Crippen molar-refractivity contribution in [3.63, 3.8) is 0 Å². The van der Waals surface area contributed by atoms with Crippen LogP contribution in [-0.4, -0.2) is 37.9 Å². The molecule has 3 aromatic carbocycles. The number of hydrogen-bond acceptors (Lipinski definition) is 4. The maximum atomic E-state index is 13.7. The molecule has 0 saturated heterocycles. The lowest BCUT2D eigenvalue weighted by atomic mass is 10.0. The highest BCUT2D eigenvalue weighted by Crippen LogP contribution is 2.48. The number of carbonyl (C=O) groups is 1. The molecule has 0 unspecified atom stereocenters. The number of benzene rings is 3. The summed E-state index contributed by atoms with van der Waals surface area (Å²) < 4.78 is 47.7. The molecule has 5 nitrogen and oxygen atoms in total. The molecule has 0 radical (unpaired) electrons. The van der Waals surface area contributed by atoms with Gasteiger partial charge >= 0.3 is 6.36 Å². The fourth-order valence-corrected chi connectivity index (χ4v) is 4.53. The summed E-state index contributed by atoms with van der Waals surface area (Å²) >= 11 is 6.19. The van der Waals surface area contributed by atoms with Crippen molar-refractivity contribution >= 4 is 23.2 Å². The normalized spacial score (nSPS) is 14.2. The van der Waals surface area contributed by atoms with Crippen molar-refractivity contribution in [3.8, 4) is 5.75 Å². The molecule has 1 amide bonds. The average molecular weight is 533 g/mol. The van der Waals surface area contributed by atoms with Gasteiger partial charge in [-0.1, -0.05) is 48.0 Å². The quantitative estimate of drug-likeness (QED) is 0.312. The largest absolute Gasteiger partial charge is 0.573 e. The Balaban J connectivity index is 1.57. The number of methoxy groups -OCH3 is 1. The summed E-state index contributed by atoms with van der Waals surface area (Å²) in [6.45, 7) is 0.585. The van der Waals surface area contributed by atoms with E-state index in [0.717, 1.165) is 24.0 Å². The number of ether oxygens (including phenoxy) is 2. The number of alkyl halides is 3. The lowest BCUT2D eigenvalue weighted by Gasteiger charge is -2.25. The number of nitrogens with one attached hydrogen (secondary N) is 1. The van der Waals surface area contributed by atoms with Gasteiger partial charge in [0, 0.05) is 38.0 Å². The van der Waals surface area contributed by atoms with Gasteiger partial charge in [0.1, 0.15) is 5.75 Å². The first-order valence-corrected chi connectivity index (χ1v) is 12.3. The molecule has 0 heterocycles. The summed E-state index contributed by atoms with van der Waals surface area (Å²) in [4.78, 5) is 15.3. The maximum absolute atomic E-state index is 13.7. The zero-order chi connectivity index (χ0) is 26.6. The van der Waals surface area contributed by atoms with Crippen LogP contribution in [-0.2, 0) is 23.3 Å². The predicted octanol–water partition coefficient (Wildman–Crippen LogP) is 6.80. The van der Waals surface area contributed by atoms with E-state index in [4.69, 9.17) is 16.3 Å². The summed E-state index contributed by atoms with van der Waals surface area (Å²) in [6, 6.07) is 18.8. The van der Waals surface area contributed by atoms with Gasteiger partial charge in [-0.3, -0.25) is 4.79 Å². The number of carbonyl (C=O) groups excluding carboxylic acids is 1. The van der Waals surface area contributed by atoms with Gasteiger partial charge in [0.05, 0.1) is 11.2 Å². The average Bonchev–Trinajstić information content (AvgIpc) is 3.67. The van der Waals surface area contributed by atoms with Crippen LogP contribution in [0.2, 0.25) is 5.02 Å². The number of amides is 1. The van der Waals surface area contributed by atoms with Gasteiger partial charge in [-0.25, -0.2) is 0 Å². The molecule has 1 saturated carbocycles. The summed E-state index contributed by atoms with van der Waals surface area (Å²) in [7, 11) is 3.43. The lowest BCUT2D eigenvalue weighted by molar-refractivity contribution is -0.274. The molecule has 4 rings (SSSR count). The summed E-state index contributed by atoms with van der Waals surface area (Å²) in [5.74, 6) is -0.535. The molecule has 0 aromatic heterocycles. The zero-order valence-corrected chi connectivity index (χ0v) is 21.3. The van der Waals surface area contributed by atoms with Crippen molar-refractivity contribution in [1.29, 1.82) is 0 Å². The molecule has 1 aliphatic carbocycles. The first-order valence-electron chi connectivity index (χ1n) is 11.9. The molecule has 37 heavy (non-hydrogen) atoms. The van der Waals surface area contributed by atoms with Gasteiger partial charge in [0.25, 0.3) is 5.91 Å². The van der Waals surface area contributed by atoms with E-state index in [0.29, 0.717) is 34.8 Å². The Kier molecular flexibility index (Phi) is 7.99. The Morgan fingerprint density at radius 1 is 1.05 bits per heavy atom. The van der Waals surface area contributed by atoms with E-state index >= 15 is 0 Å². The monoisotopic (exact) mass is 532 g/mol. The maximum Gasteiger partial charge on any atom is 0.573 e. The Morgan fingerprint density at radius 3 is 2.41 bits per heavy atom. The molecule has 0 spiro atoms. The van der Waals surface area contributed by atoms with Crippen LogP contribution in [0.3, 0.4) is 0 Å². The van der Waals surface area contributed by atoms with E-state index in [1.807, 2.05) is 24.3 Å². The molecule has 9 heteroatoms. The molecule has 196 valence electrons. The second-order valence-corrected chi connectivity index (χ2v) is 9.44. The van der Waals surface area contributed by atoms with E-state index in [1.54, 1.807) is 43.3 Å². The number of hydrogen-bond donors (Lipinski definition) is 1. The second kappa shape index (κ2) is 11.0. The van der Waals surface area contributed by atoms with Crippen molar-refractivity contribution < 1.29 is 27.4 Å². The van der Waals surface area contributed by atoms with Crippen LogP contribution >= 0.6 is 11.6 Å². The highest BCUT2D eigenvalue weighted by Gasteiger charge is 2.44. The van der Waals surface area contributed by atoms with Crippen LogP contribution in [0.25, 0.3) is 0 Å². The first-order chi connectivity index (χ1) is 17.6. The van der Waals surface area contributed by atoms with E-state index in [-0.39, 0.29) is 23.8 Å². The van der Waals surface area contributed by atoms with Crippen LogP contribution in [0.5, 0.6) is 5.75 Å². The van der Waals surface area contributed by atoms with Gasteiger partial charge < -0.3 is 19.7 Å². The second-order valence-electron chi connectivity index (χ2n) is 9.01. The molecule has 0 bridgehead atoms. The highest BCUT2D eigenvalue weighted by molar-refractivity contribution is 6.31. The van der Waals surface area contributed by atoms with Crippen molar-refractivity contribution in [3.05, 3.63) is 94.0 Å². The molecule has 0 aliphatic heterocycles. The topological polar surface area (TPSA) is 50.8 Å². The molecule has 0 atom stereocenters. The Bertz CT molecular complexity index is 1240. The van der Waals surface area contributed by atoms with Crippen molar-refractivity contribution in [2.45, 2.75) is 37.8 Å². The van der Waals surface area contributed by atoms with E-state index < -0.39 is 6.36 Å². The predicted molar refractivity (Wildman–Crippen MR) is 137 cm³/mol. The van der Waals surface area contributed by atoms with Crippen molar-refractivity contribution in [2.75, 3.05) is 26.0 Å². The number of anilines is 1. The third-order valence-electron chi connectivity index (χ3n) is 6.52. The molecule has 1 aliphatic rings. The highest BCUT2D eigenvalue weighted by atomic mass is 35.5. The smallest absolute Gasteiger partial charge is 0.406 e. The summed E-state index contributed by atoms with van der Waals surface area (Å²) in [6.07, 6.45) is -2.48. The van der Waals surface area contributed by atoms with E-state index in [9.17, 15) is 18.0 Å².